The largest absolute Gasteiger partial charge is 0.317 e. The minimum atomic E-state index is -0.212. The monoisotopic (exact) mass is 276 g/mol. The first-order valence-electron chi connectivity index (χ1n) is 7.53. The van der Waals surface area contributed by atoms with Gasteiger partial charge in [0.25, 0.3) is 0 Å². The minimum Gasteiger partial charge on any atom is -0.317 e. The number of aryl methyl sites for hydroxylation is 1. The molecule has 0 radical (unpaired) electrons. The van der Waals surface area contributed by atoms with Gasteiger partial charge in [-0.05, 0) is 68.5 Å². The molecule has 0 aliphatic carbocycles. The van der Waals surface area contributed by atoms with Gasteiger partial charge in [0, 0.05) is 18.7 Å². The summed E-state index contributed by atoms with van der Waals surface area (Å²) in [4.78, 5) is 14.4. The van der Waals surface area contributed by atoms with E-state index in [2.05, 4.69) is 5.32 Å². The summed E-state index contributed by atoms with van der Waals surface area (Å²) < 4.78 is 13.3. The number of benzene rings is 1. The Labute approximate surface area is 119 Å². The van der Waals surface area contributed by atoms with Gasteiger partial charge in [0.2, 0.25) is 5.91 Å². The lowest BCUT2D eigenvalue weighted by molar-refractivity contribution is -0.119. The van der Waals surface area contributed by atoms with E-state index in [9.17, 15) is 9.18 Å². The van der Waals surface area contributed by atoms with Crippen LogP contribution in [0.25, 0.3) is 0 Å². The quantitative estimate of drug-likeness (QED) is 0.900. The number of piperidine rings is 1. The average Bonchev–Trinajstić information content (AvgIpc) is 2.47. The molecule has 0 bridgehead atoms. The number of nitrogens with zero attached hydrogens (tertiary/aromatic N) is 1. The van der Waals surface area contributed by atoms with Crippen molar-refractivity contribution in [1.29, 1.82) is 0 Å². The summed E-state index contributed by atoms with van der Waals surface area (Å²) in [5.74, 6) is 0.482. The number of amides is 1. The van der Waals surface area contributed by atoms with Crippen LogP contribution in [-0.2, 0) is 11.2 Å². The second-order valence-corrected chi connectivity index (χ2v) is 5.82. The third-order valence-electron chi connectivity index (χ3n) is 4.38. The third-order valence-corrected chi connectivity index (χ3v) is 4.38. The Balaban J connectivity index is 1.72. The van der Waals surface area contributed by atoms with E-state index < -0.39 is 0 Å². The van der Waals surface area contributed by atoms with Crippen LogP contribution < -0.4 is 10.2 Å². The van der Waals surface area contributed by atoms with Crippen molar-refractivity contribution in [2.24, 2.45) is 5.92 Å². The van der Waals surface area contributed by atoms with Gasteiger partial charge in [0.15, 0.2) is 0 Å². The van der Waals surface area contributed by atoms with Gasteiger partial charge < -0.3 is 10.2 Å². The topological polar surface area (TPSA) is 32.3 Å². The zero-order valence-corrected chi connectivity index (χ0v) is 11.7. The van der Waals surface area contributed by atoms with Crippen molar-refractivity contribution in [2.45, 2.75) is 32.1 Å². The molecule has 20 heavy (non-hydrogen) atoms. The highest BCUT2D eigenvalue weighted by molar-refractivity contribution is 5.94. The Hall–Kier alpha value is -1.42. The van der Waals surface area contributed by atoms with Crippen molar-refractivity contribution in [3.63, 3.8) is 0 Å². The van der Waals surface area contributed by atoms with E-state index in [4.69, 9.17) is 0 Å². The smallest absolute Gasteiger partial charge is 0.227 e. The second-order valence-electron chi connectivity index (χ2n) is 5.82. The Morgan fingerprint density at radius 2 is 2.15 bits per heavy atom. The van der Waals surface area contributed by atoms with Gasteiger partial charge in [-0.15, -0.1) is 0 Å². The first-order chi connectivity index (χ1) is 9.74. The Morgan fingerprint density at radius 3 is 2.95 bits per heavy atom. The predicted octanol–water partition coefficient (Wildman–Crippen LogP) is 2.49. The highest BCUT2D eigenvalue weighted by atomic mass is 19.1. The summed E-state index contributed by atoms with van der Waals surface area (Å²) in [6, 6.07) is 4.78. The molecule has 2 aliphatic rings. The van der Waals surface area contributed by atoms with E-state index >= 15 is 0 Å². The van der Waals surface area contributed by atoms with Crippen molar-refractivity contribution in [1.82, 2.24) is 5.32 Å². The molecule has 0 atom stereocenters. The summed E-state index contributed by atoms with van der Waals surface area (Å²) in [5.41, 5.74) is 1.88. The van der Waals surface area contributed by atoms with Gasteiger partial charge in [0.1, 0.15) is 5.82 Å². The summed E-state index contributed by atoms with van der Waals surface area (Å²) >= 11 is 0. The molecule has 1 fully saturated rings. The SMILES string of the molecule is O=C(CC1CCNCC1)N1CCCc2cc(F)ccc21. The van der Waals surface area contributed by atoms with E-state index in [0.29, 0.717) is 12.3 Å². The Morgan fingerprint density at radius 1 is 1.35 bits per heavy atom. The number of nitrogens with one attached hydrogen (secondary N) is 1. The number of carbonyl (C=O) groups is 1. The van der Waals surface area contributed by atoms with E-state index in [1.165, 1.54) is 6.07 Å². The standard InChI is InChI=1S/C16H21FN2O/c17-14-3-4-15-13(11-14)2-1-9-19(15)16(20)10-12-5-7-18-8-6-12/h3-4,11-12,18H,1-2,5-10H2. The van der Waals surface area contributed by atoms with Crippen LogP contribution in [0.5, 0.6) is 0 Å². The fourth-order valence-electron chi connectivity index (χ4n) is 3.27. The lowest BCUT2D eigenvalue weighted by Gasteiger charge is -2.31. The van der Waals surface area contributed by atoms with E-state index in [1.54, 1.807) is 12.1 Å². The third kappa shape index (κ3) is 2.85. The van der Waals surface area contributed by atoms with Gasteiger partial charge in [-0.25, -0.2) is 4.39 Å². The molecule has 0 saturated carbocycles. The molecule has 1 saturated heterocycles. The van der Waals surface area contributed by atoms with Gasteiger partial charge in [-0.1, -0.05) is 0 Å². The molecular weight excluding hydrogens is 255 g/mol. The highest BCUT2D eigenvalue weighted by Gasteiger charge is 2.25. The van der Waals surface area contributed by atoms with Gasteiger partial charge >= 0.3 is 0 Å². The number of hydrogen-bond donors (Lipinski definition) is 1. The van der Waals surface area contributed by atoms with Gasteiger partial charge in [-0.2, -0.15) is 0 Å². The van der Waals surface area contributed by atoms with Crippen LogP contribution in [0.2, 0.25) is 0 Å². The molecule has 1 amide bonds. The van der Waals surface area contributed by atoms with Crippen molar-refractivity contribution >= 4 is 11.6 Å². The first kappa shape index (κ1) is 13.6. The van der Waals surface area contributed by atoms with Crippen LogP contribution in [-0.4, -0.2) is 25.5 Å². The Bertz CT molecular complexity index is 497. The maximum Gasteiger partial charge on any atom is 0.227 e. The molecule has 0 unspecified atom stereocenters. The summed E-state index contributed by atoms with van der Waals surface area (Å²) in [7, 11) is 0. The molecule has 1 aromatic carbocycles. The van der Waals surface area contributed by atoms with Crippen molar-refractivity contribution in [2.75, 3.05) is 24.5 Å². The molecule has 2 aliphatic heterocycles. The lowest BCUT2D eigenvalue weighted by Crippen LogP contribution is -2.38. The highest BCUT2D eigenvalue weighted by Crippen LogP contribution is 2.29. The number of rotatable bonds is 2. The van der Waals surface area contributed by atoms with Crippen LogP contribution in [0.4, 0.5) is 10.1 Å². The molecule has 1 aromatic rings. The number of anilines is 1. The Kier molecular flexibility index (Phi) is 4.01. The minimum absolute atomic E-state index is 0.199. The molecule has 0 spiro atoms. The summed E-state index contributed by atoms with van der Waals surface area (Å²) in [6.45, 7) is 2.79. The van der Waals surface area contributed by atoms with Crippen molar-refractivity contribution < 1.29 is 9.18 Å². The molecule has 3 rings (SSSR count). The number of fused-ring (bicyclic) bond motifs is 1. The summed E-state index contributed by atoms with van der Waals surface area (Å²) in [5, 5.41) is 3.32. The molecule has 108 valence electrons. The molecule has 3 nitrogen and oxygen atoms in total. The maximum atomic E-state index is 13.3. The van der Waals surface area contributed by atoms with E-state index in [-0.39, 0.29) is 11.7 Å². The van der Waals surface area contributed by atoms with Crippen LogP contribution in [0, 0.1) is 11.7 Å². The maximum absolute atomic E-state index is 13.3. The zero-order chi connectivity index (χ0) is 13.9. The van der Waals surface area contributed by atoms with Crippen molar-refractivity contribution in [3.05, 3.63) is 29.6 Å². The van der Waals surface area contributed by atoms with Crippen LogP contribution >= 0.6 is 0 Å². The number of halogens is 1. The lowest BCUT2D eigenvalue weighted by atomic mass is 9.93. The normalized spacial score (nSPS) is 19.8. The molecule has 0 aromatic heterocycles. The summed E-state index contributed by atoms with van der Waals surface area (Å²) in [6.07, 6.45) is 4.57. The number of hydrogen-bond acceptors (Lipinski definition) is 2. The van der Waals surface area contributed by atoms with Gasteiger partial charge in [0.05, 0.1) is 0 Å². The molecular formula is C16H21FN2O. The predicted molar refractivity (Wildman–Crippen MR) is 77.3 cm³/mol. The van der Waals surface area contributed by atoms with E-state index in [1.807, 2.05) is 4.90 Å². The van der Waals surface area contributed by atoms with Crippen molar-refractivity contribution in [3.8, 4) is 0 Å². The van der Waals surface area contributed by atoms with Crippen LogP contribution in [0.3, 0.4) is 0 Å². The van der Waals surface area contributed by atoms with E-state index in [0.717, 1.165) is 56.6 Å². The van der Waals surface area contributed by atoms with Crippen LogP contribution in [0.15, 0.2) is 18.2 Å². The number of carbonyl (C=O) groups excluding carboxylic acids is 1. The molecule has 2 heterocycles. The molecule has 1 N–H and O–H groups in total. The zero-order valence-electron chi connectivity index (χ0n) is 11.7. The fraction of sp³-hybridized carbons (Fsp3) is 0.562. The van der Waals surface area contributed by atoms with Gasteiger partial charge in [-0.3, -0.25) is 4.79 Å². The molecule has 4 heteroatoms. The van der Waals surface area contributed by atoms with Crippen LogP contribution in [0.1, 0.15) is 31.2 Å². The average molecular weight is 276 g/mol. The fourth-order valence-corrected chi connectivity index (χ4v) is 3.27. The second kappa shape index (κ2) is 5.92. The first-order valence-corrected chi connectivity index (χ1v) is 7.53.